The predicted molar refractivity (Wildman–Crippen MR) is 63.0 cm³/mol. The Morgan fingerprint density at radius 1 is 1.17 bits per heavy atom. The minimum Gasteiger partial charge on any atom is -0.395 e. The Morgan fingerprint density at radius 3 is 2.72 bits per heavy atom. The molecule has 94 valence electrons. The first kappa shape index (κ1) is 11.4. The lowest BCUT2D eigenvalue weighted by Crippen LogP contribution is -2.26. The zero-order valence-electron chi connectivity index (χ0n) is 9.10. The van der Waals surface area contributed by atoms with E-state index in [0.717, 1.165) is 4.88 Å². The van der Waals surface area contributed by atoms with Gasteiger partial charge in [0.1, 0.15) is 0 Å². The van der Waals surface area contributed by atoms with Gasteiger partial charge in [-0.3, -0.25) is 0 Å². The second-order valence-corrected chi connectivity index (χ2v) is 4.81. The van der Waals surface area contributed by atoms with Gasteiger partial charge >= 0.3 is 6.29 Å². The van der Waals surface area contributed by atoms with E-state index in [1.807, 2.05) is 17.5 Å². The van der Waals surface area contributed by atoms with Crippen molar-refractivity contribution in [1.29, 1.82) is 0 Å². The molecule has 2 aromatic rings. The van der Waals surface area contributed by atoms with Crippen LogP contribution in [0.3, 0.4) is 0 Å². The number of fused-ring (bicyclic) bond motifs is 1. The summed E-state index contributed by atoms with van der Waals surface area (Å²) in [6.07, 6.45) is -3.62. The zero-order valence-corrected chi connectivity index (χ0v) is 9.92. The molecule has 0 saturated carbocycles. The minimum absolute atomic E-state index is 0.0170. The number of thiophene rings is 1. The van der Waals surface area contributed by atoms with E-state index in [4.69, 9.17) is 5.73 Å². The number of hydrogen-bond donors (Lipinski definition) is 1. The summed E-state index contributed by atoms with van der Waals surface area (Å²) in [6, 6.07) is 7.91. The molecular formula is C12H9F2NO2S. The summed E-state index contributed by atoms with van der Waals surface area (Å²) < 4.78 is 35.0. The summed E-state index contributed by atoms with van der Waals surface area (Å²) in [5.41, 5.74) is 6.55. The van der Waals surface area contributed by atoms with Crippen LogP contribution in [0.2, 0.25) is 0 Å². The molecule has 1 aromatic heterocycles. The Labute approximate surface area is 106 Å². The molecule has 3 rings (SSSR count). The lowest BCUT2D eigenvalue weighted by molar-refractivity contribution is -0.286. The molecule has 1 aliphatic heterocycles. The summed E-state index contributed by atoms with van der Waals surface area (Å²) in [5, 5.41) is 1.88. The van der Waals surface area contributed by atoms with Crippen LogP contribution in [-0.4, -0.2) is 6.29 Å². The van der Waals surface area contributed by atoms with Gasteiger partial charge in [0, 0.05) is 10.4 Å². The van der Waals surface area contributed by atoms with Crippen molar-refractivity contribution in [1.82, 2.24) is 0 Å². The number of alkyl halides is 2. The summed E-state index contributed by atoms with van der Waals surface area (Å²) in [6.45, 7) is 0. The fourth-order valence-corrected chi connectivity index (χ4v) is 2.60. The second-order valence-electron chi connectivity index (χ2n) is 3.84. The Hall–Kier alpha value is -1.66. The van der Waals surface area contributed by atoms with Crippen LogP contribution in [0.15, 0.2) is 35.7 Å². The maximum absolute atomic E-state index is 13.0. The van der Waals surface area contributed by atoms with Gasteiger partial charge in [-0.15, -0.1) is 20.1 Å². The van der Waals surface area contributed by atoms with E-state index in [1.54, 1.807) is 12.1 Å². The SMILES string of the molecule is N[C@@H](c1cccs1)c1cccc2c1OC(F)(F)O2. The maximum atomic E-state index is 13.0. The lowest BCUT2D eigenvalue weighted by atomic mass is 10.0. The van der Waals surface area contributed by atoms with E-state index in [-0.39, 0.29) is 11.5 Å². The van der Waals surface area contributed by atoms with Crippen LogP contribution < -0.4 is 15.2 Å². The van der Waals surface area contributed by atoms with Gasteiger partial charge < -0.3 is 15.2 Å². The average molecular weight is 269 g/mol. The van der Waals surface area contributed by atoms with Gasteiger partial charge in [0.05, 0.1) is 6.04 Å². The van der Waals surface area contributed by atoms with Crippen LogP contribution in [0.25, 0.3) is 0 Å². The summed E-state index contributed by atoms with van der Waals surface area (Å²) in [7, 11) is 0. The Bertz CT molecular complexity index is 571. The molecule has 1 atom stereocenters. The van der Waals surface area contributed by atoms with Crippen molar-refractivity contribution in [2.24, 2.45) is 5.73 Å². The molecule has 18 heavy (non-hydrogen) atoms. The lowest BCUT2D eigenvalue weighted by Gasteiger charge is -2.12. The second kappa shape index (κ2) is 3.93. The Kier molecular flexibility index (Phi) is 2.49. The highest BCUT2D eigenvalue weighted by Gasteiger charge is 2.45. The van der Waals surface area contributed by atoms with Crippen molar-refractivity contribution in [3.8, 4) is 11.5 Å². The first-order chi connectivity index (χ1) is 8.57. The first-order valence-electron chi connectivity index (χ1n) is 5.24. The molecule has 0 amide bonds. The predicted octanol–water partition coefficient (Wildman–Crippen LogP) is 3.12. The van der Waals surface area contributed by atoms with Crippen molar-refractivity contribution in [3.63, 3.8) is 0 Å². The molecule has 6 heteroatoms. The molecule has 0 bridgehead atoms. The molecule has 0 radical (unpaired) electrons. The van der Waals surface area contributed by atoms with E-state index >= 15 is 0 Å². The van der Waals surface area contributed by atoms with Gasteiger partial charge in [-0.25, -0.2) is 0 Å². The van der Waals surface area contributed by atoms with Crippen LogP contribution in [-0.2, 0) is 0 Å². The highest BCUT2D eigenvalue weighted by atomic mass is 32.1. The number of para-hydroxylation sites is 1. The fraction of sp³-hybridized carbons (Fsp3) is 0.167. The van der Waals surface area contributed by atoms with Gasteiger partial charge in [-0.1, -0.05) is 18.2 Å². The van der Waals surface area contributed by atoms with E-state index in [9.17, 15) is 8.78 Å². The maximum Gasteiger partial charge on any atom is 0.586 e. The van der Waals surface area contributed by atoms with E-state index < -0.39 is 12.3 Å². The molecule has 3 nitrogen and oxygen atoms in total. The molecule has 0 saturated heterocycles. The summed E-state index contributed by atoms with van der Waals surface area (Å²) >= 11 is 1.46. The van der Waals surface area contributed by atoms with Crippen molar-refractivity contribution >= 4 is 11.3 Å². The monoisotopic (exact) mass is 269 g/mol. The van der Waals surface area contributed by atoms with Gasteiger partial charge in [-0.05, 0) is 17.5 Å². The first-order valence-corrected chi connectivity index (χ1v) is 6.12. The molecule has 2 N–H and O–H groups in total. The molecule has 0 fully saturated rings. The largest absolute Gasteiger partial charge is 0.586 e. The Balaban J connectivity index is 2.03. The molecule has 0 aliphatic carbocycles. The highest BCUT2D eigenvalue weighted by molar-refractivity contribution is 7.10. The van der Waals surface area contributed by atoms with Gasteiger partial charge in [0.15, 0.2) is 11.5 Å². The molecule has 1 aliphatic rings. The van der Waals surface area contributed by atoms with Crippen molar-refractivity contribution in [2.45, 2.75) is 12.3 Å². The van der Waals surface area contributed by atoms with Gasteiger partial charge in [0.25, 0.3) is 0 Å². The smallest absolute Gasteiger partial charge is 0.395 e. The third-order valence-electron chi connectivity index (χ3n) is 2.64. The number of ether oxygens (including phenoxy) is 2. The summed E-state index contributed by atoms with van der Waals surface area (Å²) in [4.78, 5) is 0.877. The van der Waals surface area contributed by atoms with Crippen LogP contribution in [0, 0.1) is 0 Å². The van der Waals surface area contributed by atoms with Crippen LogP contribution in [0.4, 0.5) is 8.78 Å². The molecule has 0 unspecified atom stereocenters. The molecular weight excluding hydrogens is 260 g/mol. The fourth-order valence-electron chi connectivity index (χ4n) is 1.86. The van der Waals surface area contributed by atoms with Crippen molar-refractivity contribution in [3.05, 3.63) is 46.2 Å². The van der Waals surface area contributed by atoms with E-state index in [0.29, 0.717) is 5.56 Å². The van der Waals surface area contributed by atoms with E-state index in [2.05, 4.69) is 9.47 Å². The normalized spacial score (nSPS) is 17.7. The van der Waals surface area contributed by atoms with Gasteiger partial charge in [0.2, 0.25) is 0 Å². The number of benzene rings is 1. The third-order valence-corrected chi connectivity index (χ3v) is 3.60. The van der Waals surface area contributed by atoms with Crippen LogP contribution in [0.5, 0.6) is 11.5 Å². The number of halogens is 2. The van der Waals surface area contributed by atoms with Gasteiger partial charge in [-0.2, -0.15) is 0 Å². The molecule has 1 aromatic carbocycles. The topological polar surface area (TPSA) is 44.5 Å². The Morgan fingerprint density at radius 2 is 2.00 bits per heavy atom. The molecule has 2 heterocycles. The average Bonchev–Trinajstić information content (AvgIpc) is 2.91. The third kappa shape index (κ3) is 1.83. The quantitative estimate of drug-likeness (QED) is 0.911. The van der Waals surface area contributed by atoms with Crippen LogP contribution >= 0.6 is 11.3 Å². The van der Waals surface area contributed by atoms with Crippen molar-refractivity contribution < 1.29 is 18.3 Å². The number of rotatable bonds is 2. The number of hydrogen-bond acceptors (Lipinski definition) is 4. The van der Waals surface area contributed by atoms with Crippen molar-refractivity contribution in [2.75, 3.05) is 0 Å². The standard InChI is InChI=1S/C12H9F2NO2S/c13-12(14)16-8-4-1-3-7(11(8)17-12)10(15)9-5-2-6-18-9/h1-6,10H,15H2/t10-/m1/s1. The van der Waals surface area contributed by atoms with E-state index in [1.165, 1.54) is 17.4 Å². The minimum atomic E-state index is -3.62. The number of nitrogens with two attached hydrogens (primary N) is 1. The highest BCUT2D eigenvalue weighted by Crippen LogP contribution is 2.45. The summed E-state index contributed by atoms with van der Waals surface area (Å²) in [5.74, 6) is 0.0351. The molecule has 0 spiro atoms. The van der Waals surface area contributed by atoms with Crippen LogP contribution in [0.1, 0.15) is 16.5 Å². The zero-order chi connectivity index (χ0) is 12.8.